The van der Waals surface area contributed by atoms with Crippen LogP contribution in [0.25, 0.3) is 0 Å². The minimum atomic E-state index is -0.722. The maximum atomic E-state index is 10.3. The average Bonchev–Trinajstić information content (AvgIpc) is 2.85. The molecule has 2 N–H and O–H groups in total. The van der Waals surface area contributed by atoms with Gasteiger partial charge in [-0.1, -0.05) is 25.0 Å². The van der Waals surface area contributed by atoms with Crippen LogP contribution in [0.2, 0.25) is 0 Å². The Morgan fingerprint density at radius 3 is 2.79 bits per heavy atom. The zero-order valence-corrected chi connectivity index (χ0v) is 11.7. The van der Waals surface area contributed by atoms with Gasteiger partial charge in [-0.3, -0.25) is 0 Å². The summed E-state index contributed by atoms with van der Waals surface area (Å²) in [4.78, 5) is 1.04. The lowest BCUT2D eigenvalue weighted by molar-refractivity contribution is 0.0732. The van der Waals surface area contributed by atoms with Gasteiger partial charge in [-0.25, -0.2) is 0 Å². The predicted octanol–water partition coefficient (Wildman–Crippen LogP) is 3.03. The predicted molar refractivity (Wildman–Crippen MR) is 75.8 cm³/mol. The van der Waals surface area contributed by atoms with Gasteiger partial charge in [-0.15, -0.1) is 11.8 Å². The standard InChI is InChI=1S/C15H19NO2S/c16-9-6-14(17)12-4-3-5-13(10-12)19-11-15(18)7-1-2-8-15/h3-5,10,14,17-18H,1-2,6-8,11H2. The second kappa shape index (κ2) is 6.42. The smallest absolute Gasteiger partial charge is 0.0920 e. The first-order valence-electron chi connectivity index (χ1n) is 6.63. The molecule has 1 fully saturated rings. The summed E-state index contributed by atoms with van der Waals surface area (Å²) in [5.74, 6) is 0.699. The molecule has 0 saturated heterocycles. The van der Waals surface area contributed by atoms with Crippen LogP contribution < -0.4 is 0 Å². The van der Waals surface area contributed by atoms with Crippen LogP contribution in [-0.2, 0) is 0 Å². The summed E-state index contributed by atoms with van der Waals surface area (Å²) in [6, 6.07) is 9.57. The number of hydrogen-bond donors (Lipinski definition) is 2. The Morgan fingerprint density at radius 2 is 2.11 bits per heavy atom. The normalized spacial score (nSPS) is 19.0. The Kier molecular flexibility index (Phi) is 4.87. The van der Waals surface area contributed by atoms with E-state index in [9.17, 15) is 10.2 Å². The number of nitriles is 1. The highest BCUT2D eigenvalue weighted by Crippen LogP contribution is 2.35. The molecule has 1 aromatic rings. The summed E-state index contributed by atoms with van der Waals surface area (Å²) in [7, 11) is 0. The Bertz CT molecular complexity index is 463. The number of nitrogens with zero attached hydrogens (tertiary/aromatic N) is 1. The van der Waals surface area contributed by atoms with E-state index in [0.717, 1.165) is 36.1 Å². The molecule has 1 unspecified atom stereocenters. The molecule has 19 heavy (non-hydrogen) atoms. The largest absolute Gasteiger partial charge is 0.389 e. The van der Waals surface area contributed by atoms with Crippen molar-refractivity contribution in [1.82, 2.24) is 0 Å². The molecule has 3 nitrogen and oxygen atoms in total. The molecule has 0 bridgehead atoms. The van der Waals surface area contributed by atoms with Gasteiger partial charge >= 0.3 is 0 Å². The highest BCUT2D eigenvalue weighted by atomic mass is 32.2. The van der Waals surface area contributed by atoms with Gasteiger partial charge in [0.25, 0.3) is 0 Å². The van der Waals surface area contributed by atoms with Crippen molar-refractivity contribution >= 4 is 11.8 Å². The molecule has 0 amide bonds. The van der Waals surface area contributed by atoms with Crippen LogP contribution in [0.15, 0.2) is 29.2 Å². The summed E-state index contributed by atoms with van der Waals surface area (Å²) < 4.78 is 0. The Balaban J connectivity index is 1.97. The molecule has 0 heterocycles. The minimum Gasteiger partial charge on any atom is -0.389 e. The van der Waals surface area contributed by atoms with Crippen molar-refractivity contribution in [2.75, 3.05) is 5.75 Å². The van der Waals surface area contributed by atoms with E-state index in [1.807, 2.05) is 30.3 Å². The van der Waals surface area contributed by atoms with Crippen molar-refractivity contribution in [2.24, 2.45) is 0 Å². The molecule has 1 aromatic carbocycles. The van der Waals surface area contributed by atoms with Gasteiger partial charge in [-0.2, -0.15) is 5.26 Å². The maximum Gasteiger partial charge on any atom is 0.0920 e. The first-order valence-corrected chi connectivity index (χ1v) is 7.62. The minimum absolute atomic E-state index is 0.109. The third kappa shape index (κ3) is 3.97. The summed E-state index contributed by atoms with van der Waals surface area (Å²) in [6.45, 7) is 0. The highest BCUT2D eigenvalue weighted by molar-refractivity contribution is 7.99. The van der Waals surface area contributed by atoms with Crippen LogP contribution >= 0.6 is 11.8 Å². The molecule has 1 saturated carbocycles. The van der Waals surface area contributed by atoms with E-state index in [4.69, 9.17) is 5.26 Å². The van der Waals surface area contributed by atoms with Crippen LogP contribution in [0, 0.1) is 11.3 Å². The number of hydrogen-bond acceptors (Lipinski definition) is 4. The van der Waals surface area contributed by atoms with Crippen LogP contribution in [0.3, 0.4) is 0 Å². The van der Waals surface area contributed by atoms with E-state index >= 15 is 0 Å². The van der Waals surface area contributed by atoms with Crippen molar-refractivity contribution in [3.8, 4) is 6.07 Å². The van der Waals surface area contributed by atoms with Crippen LogP contribution in [-0.4, -0.2) is 21.6 Å². The molecule has 0 aliphatic heterocycles. The van der Waals surface area contributed by atoms with Crippen molar-refractivity contribution < 1.29 is 10.2 Å². The van der Waals surface area contributed by atoms with Gasteiger partial charge in [-0.05, 0) is 30.5 Å². The summed E-state index contributed by atoms with van der Waals surface area (Å²) in [5.41, 5.74) is 0.247. The molecule has 1 aliphatic carbocycles. The fourth-order valence-electron chi connectivity index (χ4n) is 2.41. The fraction of sp³-hybridized carbons (Fsp3) is 0.533. The molecule has 1 atom stereocenters. The van der Waals surface area contributed by atoms with Crippen molar-refractivity contribution in [1.29, 1.82) is 5.26 Å². The third-order valence-electron chi connectivity index (χ3n) is 3.57. The first-order chi connectivity index (χ1) is 9.13. The Hall–Kier alpha value is -1.02. The van der Waals surface area contributed by atoms with E-state index < -0.39 is 11.7 Å². The van der Waals surface area contributed by atoms with Gasteiger partial charge in [0.15, 0.2) is 0 Å². The number of thioether (sulfide) groups is 1. The van der Waals surface area contributed by atoms with Crippen molar-refractivity contribution in [3.05, 3.63) is 29.8 Å². The zero-order valence-electron chi connectivity index (χ0n) is 10.9. The van der Waals surface area contributed by atoms with E-state index in [2.05, 4.69) is 0 Å². The van der Waals surface area contributed by atoms with E-state index in [1.54, 1.807) is 11.8 Å². The lowest BCUT2D eigenvalue weighted by Gasteiger charge is -2.21. The van der Waals surface area contributed by atoms with Gasteiger partial charge in [0.2, 0.25) is 0 Å². The van der Waals surface area contributed by atoms with Crippen LogP contribution in [0.5, 0.6) is 0 Å². The fourth-order valence-corrected chi connectivity index (χ4v) is 3.53. The summed E-state index contributed by atoms with van der Waals surface area (Å²) in [6.07, 6.45) is 3.38. The number of benzene rings is 1. The molecule has 102 valence electrons. The van der Waals surface area contributed by atoms with Crippen molar-refractivity contribution in [2.45, 2.75) is 48.7 Å². The molecule has 4 heteroatoms. The molecule has 0 radical (unpaired) electrons. The lowest BCUT2D eigenvalue weighted by Crippen LogP contribution is -2.26. The van der Waals surface area contributed by atoms with E-state index in [0.29, 0.717) is 5.75 Å². The number of aliphatic hydroxyl groups is 2. The topological polar surface area (TPSA) is 64.2 Å². The summed E-state index contributed by atoms with van der Waals surface area (Å²) >= 11 is 1.62. The zero-order chi connectivity index (χ0) is 13.7. The number of aliphatic hydroxyl groups excluding tert-OH is 1. The maximum absolute atomic E-state index is 10.3. The lowest BCUT2D eigenvalue weighted by atomic mass is 10.1. The Labute approximate surface area is 118 Å². The molecule has 2 rings (SSSR count). The van der Waals surface area contributed by atoms with Crippen molar-refractivity contribution in [3.63, 3.8) is 0 Å². The molecule has 0 aromatic heterocycles. The number of rotatable bonds is 5. The second-order valence-corrected chi connectivity index (χ2v) is 6.22. The Morgan fingerprint density at radius 1 is 1.37 bits per heavy atom. The van der Waals surface area contributed by atoms with Gasteiger partial charge in [0, 0.05) is 10.6 Å². The molecular formula is C15H19NO2S. The van der Waals surface area contributed by atoms with E-state index in [-0.39, 0.29) is 6.42 Å². The highest BCUT2D eigenvalue weighted by Gasteiger charge is 2.30. The quantitative estimate of drug-likeness (QED) is 0.812. The SMILES string of the molecule is N#CCC(O)c1cccc(SCC2(O)CCCC2)c1. The van der Waals surface area contributed by atoms with Gasteiger partial charge in [0.1, 0.15) is 0 Å². The van der Waals surface area contributed by atoms with Gasteiger partial charge < -0.3 is 10.2 Å². The van der Waals surface area contributed by atoms with Gasteiger partial charge in [0.05, 0.1) is 24.2 Å². The second-order valence-electron chi connectivity index (χ2n) is 5.17. The first kappa shape index (κ1) is 14.4. The van der Waals surface area contributed by atoms with Crippen LogP contribution in [0.1, 0.15) is 43.8 Å². The summed E-state index contributed by atoms with van der Waals surface area (Å²) in [5, 5.41) is 28.7. The average molecular weight is 277 g/mol. The third-order valence-corrected chi connectivity index (χ3v) is 4.84. The molecule has 1 aliphatic rings. The molecular weight excluding hydrogens is 258 g/mol. The van der Waals surface area contributed by atoms with Crippen LogP contribution in [0.4, 0.5) is 0 Å². The van der Waals surface area contributed by atoms with E-state index in [1.165, 1.54) is 0 Å². The molecule has 0 spiro atoms. The monoisotopic (exact) mass is 277 g/mol.